The van der Waals surface area contributed by atoms with Crippen LogP contribution in [0.25, 0.3) is 10.9 Å². The molecular formula is C15H16N2O. The van der Waals surface area contributed by atoms with Gasteiger partial charge in [0.2, 0.25) is 5.78 Å². The van der Waals surface area contributed by atoms with Crippen LogP contribution in [0.15, 0.2) is 36.0 Å². The number of para-hydroxylation sites is 1. The van der Waals surface area contributed by atoms with Gasteiger partial charge < -0.3 is 9.47 Å². The fourth-order valence-electron chi connectivity index (χ4n) is 2.74. The highest BCUT2D eigenvalue weighted by Gasteiger charge is 2.29. The zero-order valence-electron chi connectivity index (χ0n) is 10.9. The van der Waals surface area contributed by atoms with Gasteiger partial charge in [0, 0.05) is 36.8 Å². The first-order valence-electron chi connectivity index (χ1n) is 6.09. The SMILES string of the molecule is Cc1c2n(c3ccccc13)C/C(=C/N(C)C)C2=O. The van der Waals surface area contributed by atoms with Crippen molar-refractivity contribution in [3.8, 4) is 0 Å². The van der Waals surface area contributed by atoms with Crippen molar-refractivity contribution in [2.75, 3.05) is 14.1 Å². The number of allylic oxidation sites excluding steroid dienone is 1. The molecule has 0 unspecified atom stereocenters. The van der Waals surface area contributed by atoms with Gasteiger partial charge >= 0.3 is 0 Å². The minimum absolute atomic E-state index is 0.164. The van der Waals surface area contributed by atoms with Crippen molar-refractivity contribution in [3.05, 3.63) is 47.3 Å². The van der Waals surface area contributed by atoms with E-state index in [1.807, 2.05) is 44.3 Å². The Morgan fingerprint density at radius 3 is 2.72 bits per heavy atom. The molecule has 92 valence electrons. The summed E-state index contributed by atoms with van der Waals surface area (Å²) in [5.74, 6) is 0.164. The van der Waals surface area contributed by atoms with Crippen molar-refractivity contribution in [1.29, 1.82) is 0 Å². The molecular weight excluding hydrogens is 224 g/mol. The number of ketones is 1. The first-order chi connectivity index (χ1) is 8.59. The Bertz CT molecular complexity index is 677. The van der Waals surface area contributed by atoms with Gasteiger partial charge in [-0.05, 0) is 18.6 Å². The predicted octanol–water partition coefficient (Wildman–Crippen LogP) is 2.59. The number of hydrogen-bond acceptors (Lipinski definition) is 2. The average molecular weight is 240 g/mol. The number of benzene rings is 1. The Morgan fingerprint density at radius 1 is 1.28 bits per heavy atom. The molecule has 18 heavy (non-hydrogen) atoms. The van der Waals surface area contributed by atoms with Crippen molar-refractivity contribution in [1.82, 2.24) is 9.47 Å². The highest BCUT2D eigenvalue weighted by atomic mass is 16.1. The Morgan fingerprint density at radius 2 is 2.00 bits per heavy atom. The quantitative estimate of drug-likeness (QED) is 0.716. The summed E-state index contributed by atoms with van der Waals surface area (Å²) in [4.78, 5) is 14.3. The molecule has 0 fully saturated rings. The number of fused-ring (bicyclic) bond motifs is 3. The van der Waals surface area contributed by atoms with E-state index in [9.17, 15) is 4.79 Å². The lowest BCUT2D eigenvalue weighted by molar-refractivity contribution is 0.103. The lowest BCUT2D eigenvalue weighted by Gasteiger charge is -2.06. The molecule has 2 aromatic rings. The first kappa shape index (κ1) is 11.1. The van der Waals surface area contributed by atoms with Crippen molar-refractivity contribution in [2.24, 2.45) is 0 Å². The number of rotatable bonds is 1. The molecule has 3 heteroatoms. The van der Waals surface area contributed by atoms with Crippen LogP contribution in [0.4, 0.5) is 0 Å². The van der Waals surface area contributed by atoms with Gasteiger partial charge in [-0.1, -0.05) is 18.2 Å². The van der Waals surface area contributed by atoms with Crippen LogP contribution < -0.4 is 0 Å². The molecule has 1 aromatic carbocycles. The van der Waals surface area contributed by atoms with E-state index >= 15 is 0 Å². The number of aromatic nitrogens is 1. The zero-order valence-corrected chi connectivity index (χ0v) is 10.9. The lowest BCUT2D eigenvalue weighted by Crippen LogP contribution is -2.06. The van der Waals surface area contributed by atoms with E-state index in [4.69, 9.17) is 0 Å². The number of Topliss-reactive ketones (excluding diaryl/α,β-unsaturated/α-hetero) is 1. The molecule has 0 atom stereocenters. The summed E-state index contributed by atoms with van der Waals surface area (Å²) < 4.78 is 2.13. The Balaban J connectivity index is 2.23. The molecule has 0 spiro atoms. The molecule has 0 bridgehead atoms. The second-order valence-corrected chi connectivity index (χ2v) is 5.02. The molecule has 0 aliphatic carbocycles. The minimum Gasteiger partial charge on any atom is -0.383 e. The maximum atomic E-state index is 12.4. The third kappa shape index (κ3) is 1.40. The smallest absolute Gasteiger partial charge is 0.208 e. The third-order valence-corrected chi connectivity index (χ3v) is 3.47. The van der Waals surface area contributed by atoms with Gasteiger partial charge in [0.05, 0.1) is 12.2 Å². The maximum absolute atomic E-state index is 12.4. The van der Waals surface area contributed by atoms with Crippen LogP contribution in [0.3, 0.4) is 0 Å². The van der Waals surface area contributed by atoms with E-state index < -0.39 is 0 Å². The van der Waals surface area contributed by atoms with Gasteiger partial charge in [-0.15, -0.1) is 0 Å². The Labute approximate surface area is 106 Å². The fraction of sp³-hybridized carbons (Fsp3) is 0.267. The average Bonchev–Trinajstić information content (AvgIpc) is 2.79. The summed E-state index contributed by atoms with van der Waals surface area (Å²) in [5, 5.41) is 1.18. The molecule has 0 N–H and O–H groups in total. The van der Waals surface area contributed by atoms with Gasteiger partial charge in [0.25, 0.3) is 0 Å². The molecule has 0 radical (unpaired) electrons. The van der Waals surface area contributed by atoms with Gasteiger partial charge in [-0.25, -0.2) is 0 Å². The summed E-state index contributed by atoms with van der Waals surface area (Å²) in [5.41, 5.74) is 3.96. The summed E-state index contributed by atoms with van der Waals surface area (Å²) in [7, 11) is 3.89. The molecule has 1 aromatic heterocycles. The van der Waals surface area contributed by atoms with Crippen LogP contribution in [0, 0.1) is 6.92 Å². The molecule has 3 nitrogen and oxygen atoms in total. The highest BCUT2D eigenvalue weighted by Crippen LogP contribution is 2.32. The van der Waals surface area contributed by atoms with Crippen molar-refractivity contribution in [2.45, 2.75) is 13.5 Å². The van der Waals surface area contributed by atoms with Gasteiger partial charge in [-0.2, -0.15) is 0 Å². The number of nitrogens with zero attached hydrogens (tertiary/aromatic N) is 2. The van der Waals surface area contributed by atoms with Gasteiger partial charge in [0.1, 0.15) is 0 Å². The fourth-order valence-corrected chi connectivity index (χ4v) is 2.74. The van der Waals surface area contributed by atoms with E-state index in [-0.39, 0.29) is 5.78 Å². The summed E-state index contributed by atoms with van der Waals surface area (Å²) in [6.07, 6.45) is 1.92. The van der Waals surface area contributed by atoms with Crippen LogP contribution in [-0.4, -0.2) is 29.3 Å². The Hall–Kier alpha value is -2.03. The lowest BCUT2D eigenvalue weighted by atomic mass is 10.1. The number of aryl methyl sites for hydroxylation is 1. The first-order valence-corrected chi connectivity index (χ1v) is 6.09. The van der Waals surface area contributed by atoms with Crippen molar-refractivity contribution < 1.29 is 4.79 Å². The van der Waals surface area contributed by atoms with Crippen LogP contribution in [0.2, 0.25) is 0 Å². The van der Waals surface area contributed by atoms with E-state index in [1.54, 1.807) is 0 Å². The largest absolute Gasteiger partial charge is 0.383 e. The van der Waals surface area contributed by atoms with Crippen LogP contribution >= 0.6 is 0 Å². The van der Waals surface area contributed by atoms with E-state index in [1.165, 1.54) is 5.39 Å². The van der Waals surface area contributed by atoms with Crippen LogP contribution in [0.1, 0.15) is 16.1 Å². The molecule has 2 heterocycles. The third-order valence-electron chi connectivity index (χ3n) is 3.47. The van der Waals surface area contributed by atoms with Crippen LogP contribution in [0.5, 0.6) is 0 Å². The van der Waals surface area contributed by atoms with E-state index in [2.05, 4.69) is 16.7 Å². The normalized spacial score (nSPS) is 16.6. The second kappa shape index (κ2) is 3.73. The molecule has 0 saturated carbocycles. The second-order valence-electron chi connectivity index (χ2n) is 5.02. The number of carbonyl (C=O) groups excluding carboxylic acids is 1. The standard InChI is InChI=1S/C15H16N2O/c1-10-12-6-4-5-7-13(12)17-9-11(8-16(2)3)15(18)14(10)17/h4-8H,9H2,1-3H3/b11-8-. The van der Waals surface area contributed by atoms with Crippen LogP contribution in [-0.2, 0) is 6.54 Å². The molecule has 0 amide bonds. The number of carbonyl (C=O) groups is 1. The minimum atomic E-state index is 0.164. The molecule has 1 aliphatic rings. The number of hydrogen-bond donors (Lipinski definition) is 0. The maximum Gasteiger partial charge on any atom is 0.208 e. The van der Waals surface area contributed by atoms with Gasteiger partial charge in [-0.3, -0.25) is 4.79 Å². The summed E-state index contributed by atoms with van der Waals surface area (Å²) in [6.45, 7) is 2.71. The Kier molecular flexibility index (Phi) is 2.30. The summed E-state index contributed by atoms with van der Waals surface area (Å²) >= 11 is 0. The molecule has 3 rings (SSSR count). The zero-order chi connectivity index (χ0) is 12.9. The summed E-state index contributed by atoms with van der Waals surface area (Å²) in [6, 6.07) is 8.20. The monoisotopic (exact) mass is 240 g/mol. The molecule has 1 aliphatic heterocycles. The topological polar surface area (TPSA) is 25.2 Å². The van der Waals surface area contributed by atoms with Crippen molar-refractivity contribution >= 4 is 16.7 Å². The van der Waals surface area contributed by atoms with E-state index in [0.29, 0.717) is 6.54 Å². The molecule has 0 saturated heterocycles. The van der Waals surface area contributed by atoms with Crippen molar-refractivity contribution in [3.63, 3.8) is 0 Å². The highest BCUT2D eigenvalue weighted by molar-refractivity contribution is 6.14. The van der Waals surface area contributed by atoms with Gasteiger partial charge in [0.15, 0.2) is 0 Å². The predicted molar refractivity (Wildman–Crippen MR) is 72.8 cm³/mol. The van der Waals surface area contributed by atoms with E-state index in [0.717, 1.165) is 22.3 Å².